The van der Waals surface area contributed by atoms with E-state index in [1.54, 1.807) is 12.1 Å². The van der Waals surface area contributed by atoms with Gasteiger partial charge in [0.15, 0.2) is 0 Å². The number of sulfonamides is 1. The second-order valence-electron chi connectivity index (χ2n) is 5.58. The van der Waals surface area contributed by atoms with Crippen LogP contribution in [0.1, 0.15) is 22.5 Å². The lowest BCUT2D eigenvalue weighted by atomic mass is 10.1. The predicted molar refractivity (Wildman–Crippen MR) is 89.3 cm³/mol. The molecule has 126 valence electrons. The number of nitrogens with one attached hydrogen (secondary N) is 1. The highest BCUT2D eigenvalue weighted by atomic mass is 32.2. The van der Waals surface area contributed by atoms with Gasteiger partial charge in [-0.25, -0.2) is 13.1 Å². The summed E-state index contributed by atoms with van der Waals surface area (Å²) in [6.45, 7) is 6.07. The van der Waals surface area contributed by atoms with Gasteiger partial charge in [-0.2, -0.15) is 5.10 Å². The maximum absolute atomic E-state index is 12.5. The van der Waals surface area contributed by atoms with Crippen molar-refractivity contribution in [3.8, 4) is 5.75 Å². The van der Waals surface area contributed by atoms with Gasteiger partial charge in [-0.1, -0.05) is 6.07 Å². The van der Waals surface area contributed by atoms with E-state index >= 15 is 0 Å². The molecule has 2 aromatic rings. The number of hydrogen-bond acceptors (Lipinski definition) is 4. The summed E-state index contributed by atoms with van der Waals surface area (Å²) in [7, 11) is -0.270. The molecule has 0 unspecified atom stereocenters. The summed E-state index contributed by atoms with van der Waals surface area (Å²) in [6, 6.07) is 5.10. The van der Waals surface area contributed by atoms with Gasteiger partial charge in [0.1, 0.15) is 10.6 Å². The molecule has 1 aromatic carbocycles. The fraction of sp³-hybridized carbons (Fsp3) is 0.438. The molecule has 0 amide bonds. The van der Waals surface area contributed by atoms with Crippen molar-refractivity contribution >= 4 is 10.0 Å². The Bertz CT molecular complexity index is 810. The Labute approximate surface area is 137 Å². The maximum atomic E-state index is 12.5. The fourth-order valence-electron chi connectivity index (χ4n) is 2.56. The van der Waals surface area contributed by atoms with Gasteiger partial charge in [-0.15, -0.1) is 0 Å². The van der Waals surface area contributed by atoms with Crippen LogP contribution in [0, 0.1) is 20.8 Å². The van der Waals surface area contributed by atoms with Crippen molar-refractivity contribution < 1.29 is 13.2 Å². The van der Waals surface area contributed by atoms with Crippen LogP contribution >= 0.6 is 0 Å². The maximum Gasteiger partial charge on any atom is 0.244 e. The van der Waals surface area contributed by atoms with E-state index in [0.717, 1.165) is 22.5 Å². The number of aryl methyl sites for hydroxylation is 3. The van der Waals surface area contributed by atoms with Crippen LogP contribution in [0.25, 0.3) is 0 Å². The van der Waals surface area contributed by atoms with Crippen LogP contribution < -0.4 is 9.46 Å². The van der Waals surface area contributed by atoms with Gasteiger partial charge in [0, 0.05) is 19.3 Å². The molecule has 0 bridgehead atoms. The number of methoxy groups -OCH3 is 1. The molecule has 2 rings (SSSR count). The molecule has 0 aliphatic carbocycles. The molecule has 0 radical (unpaired) electrons. The van der Waals surface area contributed by atoms with Crippen molar-refractivity contribution in [2.45, 2.75) is 32.1 Å². The van der Waals surface area contributed by atoms with Crippen LogP contribution in [0.2, 0.25) is 0 Å². The fourth-order valence-corrected chi connectivity index (χ4v) is 3.84. The lowest BCUT2D eigenvalue weighted by Crippen LogP contribution is -2.26. The molecule has 0 spiro atoms. The van der Waals surface area contributed by atoms with Crippen molar-refractivity contribution in [2.24, 2.45) is 7.05 Å². The number of rotatable bonds is 6. The lowest BCUT2D eigenvalue weighted by Gasteiger charge is -2.11. The highest BCUT2D eigenvalue weighted by Gasteiger charge is 2.19. The van der Waals surface area contributed by atoms with Crippen LogP contribution in [0.4, 0.5) is 0 Å². The normalized spacial score (nSPS) is 11.7. The van der Waals surface area contributed by atoms with Crippen molar-refractivity contribution in [3.05, 3.63) is 40.7 Å². The van der Waals surface area contributed by atoms with E-state index in [0.29, 0.717) is 18.7 Å². The van der Waals surface area contributed by atoms with Crippen LogP contribution in [-0.4, -0.2) is 31.9 Å². The van der Waals surface area contributed by atoms with E-state index in [4.69, 9.17) is 4.74 Å². The van der Waals surface area contributed by atoms with Crippen LogP contribution in [-0.2, 0) is 23.5 Å². The van der Waals surface area contributed by atoms with Gasteiger partial charge in [0.2, 0.25) is 10.0 Å². The molecule has 0 saturated heterocycles. The largest absolute Gasteiger partial charge is 0.495 e. The predicted octanol–water partition coefficient (Wildman–Crippen LogP) is 1.87. The highest BCUT2D eigenvalue weighted by Crippen LogP contribution is 2.24. The minimum absolute atomic E-state index is 0.166. The Kier molecular flexibility index (Phi) is 5.11. The summed E-state index contributed by atoms with van der Waals surface area (Å²) in [5, 5.41) is 4.34. The number of aromatic nitrogens is 2. The monoisotopic (exact) mass is 337 g/mol. The van der Waals surface area contributed by atoms with E-state index in [1.165, 1.54) is 7.11 Å². The van der Waals surface area contributed by atoms with Gasteiger partial charge < -0.3 is 4.74 Å². The number of ether oxygens (including phenoxy) is 1. The molecule has 23 heavy (non-hydrogen) atoms. The average molecular weight is 337 g/mol. The van der Waals surface area contributed by atoms with E-state index in [9.17, 15) is 8.42 Å². The molecule has 0 aliphatic rings. The van der Waals surface area contributed by atoms with Crippen LogP contribution in [0.15, 0.2) is 23.1 Å². The number of nitrogens with zero attached hydrogens (tertiary/aromatic N) is 2. The van der Waals surface area contributed by atoms with E-state index in [1.807, 2.05) is 38.6 Å². The quantitative estimate of drug-likeness (QED) is 0.873. The van der Waals surface area contributed by atoms with Crippen molar-refractivity contribution in [3.63, 3.8) is 0 Å². The summed E-state index contributed by atoms with van der Waals surface area (Å²) in [5.41, 5.74) is 3.92. The molecule has 1 N–H and O–H groups in total. The van der Waals surface area contributed by atoms with Gasteiger partial charge in [0.05, 0.1) is 12.8 Å². The molecule has 0 aliphatic heterocycles. The third-order valence-corrected chi connectivity index (χ3v) is 5.42. The SMILES string of the molecule is COc1ccc(C)cc1S(=O)(=O)NCCc1c(C)nn(C)c1C. The summed E-state index contributed by atoms with van der Waals surface area (Å²) >= 11 is 0. The zero-order valence-corrected chi connectivity index (χ0v) is 15.0. The average Bonchev–Trinajstić information content (AvgIpc) is 2.73. The summed E-state index contributed by atoms with van der Waals surface area (Å²) < 4.78 is 34.6. The minimum Gasteiger partial charge on any atom is -0.495 e. The molecule has 0 saturated carbocycles. The standard InChI is InChI=1S/C16H23N3O3S/c1-11-6-7-15(22-5)16(10-11)23(20,21)17-9-8-14-12(2)18-19(4)13(14)3/h6-7,10,17H,8-9H2,1-5H3. The molecule has 6 nitrogen and oxygen atoms in total. The molecular weight excluding hydrogens is 314 g/mol. The Morgan fingerprint density at radius 2 is 1.96 bits per heavy atom. The third-order valence-electron chi connectivity index (χ3n) is 3.93. The lowest BCUT2D eigenvalue weighted by molar-refractivity contribution is 0.402. The number of benzene rings is 1. The van der Waals surface area contributed by atoms with Gasteiger partial charge in [-0.3, -0.25) is 4.68 Å². The zero-order valence-electron chi connectivity index (χ0n) is 14.2. The topological polar surface area (TPSA) is 73.2 Å². The molecule has 1 heterocycles. The van der Waals surface area contributed by atoms with Gasteiger partial charge in [-0.05, 0) is 50.5 Å². The summed E-state index contributed by atoms with van der Waals surface area (Å²) in [5.74, 6) is 0.344. The van der Waals surface area contributed by atoms with E-state index < -0.39 is 10.0 Å². The first-order chi connectivity index (χ1) is 10.8. The first-order valence-electron chi connectivity index (χ1n) is 7.39. The van der Waals surface area contributed by atoms with E-state index in [2.05, 4.69) is 9.82 Å². The highest BCUT2D eigenvalue weighted by molar-refractivity contribution is 7.89. The molecule has 7 heteroatoms. The molecule has 0 fully saturated rings. The Morgan fingerprint density at radius 1 is 1.26 bits per heavy atom. The third kappa shape index (κ3) is 3.73. The smallest absolute Gasteiger partial charge is 0.244 e. The Hall–Kier alpha value is -1.86. The molecular formula is C16H23N3O3S. The molecule has 1 aromatic heterocycles. The Balaban J connectivity index is 2.15. The minimum atomic E-state index is -3.62. The Morgan fingerprint density at radius 3 is 2.52 bits per heavy atom. The summed E-state index contributed by atoms with van der Waals surface area (Å²) in [4.78, 5) is 0.166. The zero-order chi connectivity index (χ0) is 17.2. The van der Waals surface area contributed by atoms with Crippen molar-refractivity contribution in [1.82, 2.24) is 14.5 Å². The van der Waals surface area contributed by atoms with Crippen LogP contribution in [0.3, 0.4) is 0 Å². The van der Waals surface area contributed by atoms with Gasteiger partial charge >= 0.3 is 0 Å². The number of hydrogen-bond donors (Lipinski definition) is 1. The molecule has 0 atom stereocenters. The van der Waals surface area contributed by atoms with E-state index in [-0.39, 0.29) is 4.90 Å². The van der Waals surface area contributed by atoms with Crippen molar-refractivity contribution in [2.75, 3.05) is 13.7 Å². The first-order valence-corrected chi connectivity index (χ1v) is 8.88. The first kappa shape index (κ1) is 17.5. The van der Waals surface area contributed by atoms with Gasteiger partial charge in [0.25, 0.3) is 0 Å². The van der Waals surface area contributed by atoms with Crippen LogP contribution in [0.5, 0.6) is 5.75 Å². The second-order valence-corrected chi connectivity index (χ2v) is 7.31. The summed E-state index contributed by atoms with van der Waals surface area (Å²) in [6.07, 6.45) is 0.596. The van der Waals surface area contributed by atoms with Crippen molar-refractivity contribution in [1.29, 1.82) is 0 Å². The second kappa shape index (κ2) is 6.72.